The summed E-state index contributed by atoms with van der Waals surface area (Å²) in [6, 6.07) is 0.474. The third-order valence-electron chi connectivity index (χ3n) is 3.46. The zero-order valence-electron chi connectivity index (χ0n) is 11.7. The molecule has 0 heterocycles. The van der Waals surface area contributed by atoms with Crippen LogP contribution in [0.4, 0.5) is 0 Å². The van der Waals surface area contributed by atoms with Crippen molar-refractivity contribution < 1.29 is 8.42 Å². The predicted molar refractivity (Wildman–Crippen MR) is 76.1 cm³/mol. The minimum Gasteiger partial charge on any atom is -0.315 e. The summed E-state index contributed by atoms with van der Waals surface area (Å²) in [6.07, 6.45) is 6.53. The molecule has 0 radical (unpaired) electrons. The molecule has 0 aromatic rings. The Morgan fingerprint density at radius 2 is 1.83 bits per heavy atom. The van der Waals surface area contributed by atoms with E-state index in [2.05, 4.69) is 23.9 Å². The summed E-state index contributed by atoms with van der Waals surface area (Å²) in [7, 11) is -3.05. The van der Waals surface area contributed by atoms with Crippen LogP contribution in [0.1, 0.15) is 52.4 Å². The first kappa shape index (κ1) is 15.9. The first-order chi connectivity index (χ1) is 8.49. The molecular formula is C13H28N2O2S. The van der Waals surface area contributed by atoms with Crippen LogP contribution in [0, 0.1) is 5.92 Å². The Labute approximate surface area is 112 Å². The van der Waals surface area contributed by atoms with E-state index in [0.29, 0.717) is 18.5 Å². The van der Waals surface area contributed by atoms with Gasteiger partial charge in [0.05, 0.1) is 5.75 Å². The summed E-state index contributed by atoms with van der Waals surface area (Å²) < 4.78 is 26.3. The number of unbranched alkanes of at least 4 members (excludes halogenated alkanes) is 1. The van der Waals surface area contributed by atoms with Crippen molar-refractivity contribution in [3.8, 4) is 0 Å². The number of rotatable bonds is 9. The number of sulfonamides is 1. The zero-order chi connectivity index (χ0) is 13.4. The Morgan fingerprint density at radius 3 is 2.44 bits per heavy atom. The standard InChI is InChI=1S/C13H28N2O2S/c1-12(2)14-9-5-6-10-18(16,17)15-11-13-7-3-4-8-13/h12-15H,3-11H2,1-2H3. The Hall–Kier alpha value is -0.130. The molecule has 108 valence electrons. The van der Waals surface area contributed by atoms with Crippen molar-refractivity contribution in [1.82, 2.24) is 10.0 Å². The van der Waals surface area contributed by atoms with Gasteiger partial charge < -0.3 is 5.32 Å². The Morgan fingerprint density at radius 1 is 1.17 bits per heavy atom. The molecule has 1 aliphatic carbocycles. The molecule has 1 saturated carbocycles. The predicted octanol–water partition coefficient (Wildman–Crippen LogP) is 1.87. The van der Waals surface area contributed by atoms with Crippen molar-refractivity contribution in [3.63, 3.8) is 0 Å². The van der Waals surface area contributed by atoms with E-state index in [9.17, 15) is 8.42 Å². The van der Waals surface area contributed by atoms with Gasteiger partial charge in [0, 0.05) is 12.6 Å². The van der Waals surface area contributed by atoms with Crippen molar-refractivity contribution in [2.24, 2.45) is 5.92 Å². The van der Waals surface area contributed by atoms with Crippen molar-refractivity contribution in [2.45, 2.75) is 58.4 Å². The SMILES string of the molecule is CC(C)NCCCCS(=O)(=O)NCC1CCCC1. The molecule has 0 spiro atoms. The lowest BCUT2D eigenvalue weighted by atomic mass is 10.1. The summed E-state index contributed by atoms with van der Waals surface area (Å²) >= 11 is 0. The van der Waals surface area contributed by atoms with Crippen LogP contribution >= 0.6 is 0 Å². The highest BCUT2D eigenvalue weighted by molar-refractivity contribution is 7.89. The molecule has 0 bridgehead atoms. The van der Waals surface area contributed by atoms with Crippen LogP contribution in [0.3, 0.4) is 0 Å². The van der Waals surface area contributed by atoms with E-state index in [4.69, 9.17) is 0 Å². The largest absolute Gasteiger partial charge is 0.315 e. The number of nitrogens with one attached hydrogen (secondary N) is 2. The lowest BCUT2D eigenvalue weighted by Crippen LogP contribution is -2.31. The molecule has 5 heteroatoms. The highest BCUT2D eigenvalue weighted by Gasteiger charge is 2.17. The van der Waals surface area contributed by atoms with E-state index >= 15 is 0 Å². The van der Waals surface area contributed by atoms with Gasteiger partial charge in [-0.25, -0.2) is 13.1 Å². The van der Waals surface area contributed by atoms with Gasteiger partial charge in [-0.15, -0.1) is 0 Å². The summed E-state index contributed by atoms with van der Waals surface area (Å²) in [5.41, 5.74) is 0. The molecular weight excluding hydrogens is 248 g/mol. The first-order valence-corrected chi connectivity index (χ1v) is 8.85. The molecule has 0 saturated heterocycles. The first-order valence-electron chi connectivity index (χ1n) is 7.20. The van der Waals surface area contributed by atoms with Crippen molar-refractivity contribution in [2.75, 3.05) is 18.8 Å². The van der Waals surface area contributed by atoms with Crippen LogP contribution in [0.2, 0.25) is 0 Å². The monoisotopic (exact) mass is 276 g/mol. The van der Waals surface area contributed by atoms with Gasteiger partial charge in [0.15, 0.2) is 0 Å². The Kier molecular flexibility index (Phi) is 7.19. The van der Waals surface area contributed by atoms with Gasteiger partial charge in [-0.2, -0.15) is 0 Å². The van der Waals surface area contributed by atoms with E-state index in [1.54, 1.807) is 0 Å². The van der Waals surface area contributed by atoms with E-state index in [1.807, 2.05) is 0 Å². The molecule has 0 atom stereocenters. The quantitative estimate of drug-likeness (QED) is 0.632. The van der Waals surface area contributed by atoms with Crippen LogP contribution < -0.4 is 10.0 Å². The van der Waals surface area contributed by atoms with Gasteiger partial charge >= 0.3 is 0 Å². The number of hydrogen-bond acceptors (Lipinski definition) is 3. The number of hydrogen-bond donors (Lipinski definition) is 2. The Balaban J connectivity index is 2.07. The average Bonchev–Trinajstić information content (AvgIpc) is 2.78. The zero-order valence-corrected chi connectivity index (χ0v) is 12.6. The van der Waals surface area contributed by atoms with Gasteiger partial charge in [0.2, 0.25) is 10.0 Å². The second-order valence-electron chi connectivity index (χ2n) is 5.63. The molecule has 2 N–H and O–H groups in total. The fourth-order valence-electron chi connectivity index (χ4n) is 2.34. The molecule has 0 amide bonds. The maximum atomic E-state index is 11.8. The normalized spacial score (nSPS) is 17.7. The van der Waals surface area contributed by atoms with Crippen molar-refractivity contribution >= 4 is 10.0 Å². The lowest BCUT2D eigenvalue weighted by molar-refractivity contribution is 0.516. The Bertz CT molecular complexity index is 309. The topological polar surface area (TPSA) is 58.2 Å². The molecule has 18 heavy (non-hydrogen) atoms. The van der Waals surface area contributed by atoms with Crippen LogP contribution in [-0.2, 0) is 10.0 Å². The third-order valence-corrected chi connectivity index (χ3v) is 4.89. The maximum Gasteiger partial charge on any atom is 0.211 e. The van der Waals surface area contributed by atoms with Gasteiger partial charge in [-0.3, -0.25) is 0 Å². The van der Waals surface area contributed by atoms with E-state index in [0.717, 1.165) is 19.4 Å². The summed E-state index contributed by atoms with van der Waals surface area (Å²) in [5.74, 6) is 0.835. The van der Waals surface area contributed by atoms with Gasteiger partial charge in [-0.05, 0) is 38.1 Å². The van der Waals surface area contributed by atoms with E-state index in [1.165, 1.54) is 25.7 Å². The second-order valence-corrected chi connectivity index (χ2v) is 7.56. The van der Waals surface area contributed by atoms with Gasteiger partial charge in [-0.1, -0.05) is 26.7 Å². The summed E-state index contributed by atoms with van der Waals surface area (Å²) in [5, 5.41) is 3.29. The van der Waals surface area contributed by atoms with Crippen LogP contribution in [0.15, 0.2) is 0 Å². The van der Waals surface area contributed by atoms with Gasteiger partial charge in [0.25, 0.3) is 0 Å². The third kappa shape index (κ3) is 7.34. The van der Waals surface area contributed by atoms with E-state index in [-0.39, 0.29) is 5.75 Å². The molecule has 0 unspecified atom stereocenters. The van der Waals surface area contributed by atoms with Crippen LogP contribution in [0.5, 0.6) is 0 Å². The fraction of sp³-hybridized carbons (Fsp3) is 1.00. The fourth-order valence-corrected chi connectivity index (χ4v) is 3.56. The molecule has 0 aliphatic heterocycles. The lowest BCUT2D eigenvalue weighted by Gasteiger charge is -2.11. The summed E-state index contributed by atoms with van der Waals surface area (Å²) in [4.78, 5) is 0. The second kappa shape index (κ2) is 8.12. The molecule has 1 rings (SSSR count). The average molecular weight is 276 g/mol. The van der Waals surface area contributed by atoms with Crippen molar-refractivity contribution in [3.05, 3.63) is 0 Å². The van der Waals surface area contributed by atoms with Crippen molar-refractivity contribution in [1.29, 1.82) is 0 Å². The smallest absolute Gasteiger partial charge is 0.211 e. The molecule has 1 aliphatic rings. The molecule has 0 aromatic heterocycles. The molecule has 1 fully saturated rings. The molecule has 0 aromatic carbocycles. The van der Waals surface area contributed by atoms with Crippen LogP contribution in [0.25, 0.3) is 0 Å². The molecule has 4 nitrogen and oxygen atoms in total. The minimum absolute atomic E-state index is 0.263. The highest BCUT2D eigenvalue weighted by atomic mass is 32.2. The van der Waals surface area contributed by atoms with Gasteiger partial charge in [0.1, 0.15) is 0 Å². The summed E-state index contributed by atoms with van der Waals surface area (Å²) in [6.45, 7) is 5.74. The maximum absolute atomic E-state index is 11.8. The van der Waals surface area contributed by atoms with Crippen LogP contribution in [-0.4, -0.2) is 33.3 Å². The minimum atomic E-state index is -3.05. The van der Waals surface area contributed by atoms with E-state index < -0.39 is 10.0 Å². The highest BCUT2D eigenvalue weighted by Crippen LogP contribution is 2.23.